The van der Waals surface area contributed by atoms with Gasteiger partial charge in [0.15, 0.2) is 18.5 Å². The fourth-order valence-corrected chi connectivity index (χ4v) is 2.12. The Morgan fingerprint density at radius 3 is 2.62 bits per heavy atom. The van der Waals surface area contributed by atoms with Gasteiger partial charge in [-0.1, -0.05) is 24.3 Å². The fraction of sp³-hybridized carbons (Fsp3) is 0.222. The molecule has 0 bridgehead atoms. The van der Waals surface area contributed by atoms with E-state index in [2.05, 4.69) is 5.32 Å². The molecule has 0 aliphatic rings. The molecule has 26 heavy (non-hydrogen) atoms. The monoisotopic (exact) mass is 358 g/mol. The van der Waals surface area contributed by atoms with Gasteiger partial charge in [-0.3, -0.25) is 14.9 Å². The van der Waals surface area contributed by atoms with E-state index in [4.69, 9.17) is 9.47 Å². The Morgan fingerprint density at radius 2 is 1.92 bits per heavy atom. The van der Waals surface area contributed by atoms with Gasteiger partial charge in [0.1, 0.15) is 0 Å². The van der Waals surface area contributed by atoms with Crippen molar-refractivity contribution in [3.05, 3.63) is 64.2 Å². The lowest BCUT2D eigenvalue weighted by Crippen LogP contribution is -2.31. The normalized spacial score (nSPS) is 11.3. The minimum absolute atomic E-state index is 0.0497. The van der Waals surface area contributed by atoms with Crippen LogP contribution in [0.15, 0.2) is 48.5 Å². The molecule has 8 heteroatoms. The largest absolute Gasteiger partial charge is 0.475 e. The maximum absolute atomic E-state index is 12.1. The Morgan fingerprint density at radius 1 is 1.19 bits per heavy atom. The van der Waals surface area contributed by atoms with Gasteiger partial charge in [-0.05, 0) is 37.6 Å². The van der Waals surface area contributed by atoms with E-state index in [1.165, 1.54) is 25.1 Å². The van der Waals surface area contributed by atoms with E-state index in [-0.39, 0.29) is 11.4 Å². The molecular weight excluding hydrogens is 340 g/mol. The number of carbonyl (C=O) groups excluding carboxylic acids is 2. The highest BCUT2D eigenvalue weighted by atomic mass is 16.6. The maximum Gasteiger partial charge on any atom is 0.344 e. The van der Waals surface area contributed by atoms with Gasteiger partial charge < -0.3 is 14.8 Å². The summed E-state index contributed by atoms with van der Waals surface area (Å²) in [7, 11) is 0. The molecule has 1 amide bonds. The zero-order valence-corrected chi connectivity index (χ0v) is 14.3. The predicted octanol–water partition coefficient (Wildman–Crippen LogP) is 2.85. The van der Waals surface area contributed by atoms with Crippen molar-refractivity contribution in [1.82, 2.24) is 0 Å². The molecule has 0 heterocycles. The van der Waals surface area contributed by atoms with Crippen LogP contribution >= 0.6 is 0 Å². The average molecular weight is 358 g/mol. The summed E-state index contributed by atoms with van der Waals surface area (Å²) in [4.78, 5) is 34.2. The van der Waals surface area contributed by atoms with Crippen LogP contribution in [0, 0.1) is 17.0 Å². The summed E-state index contributed by atoms with van der Waals surface area (Å²) in [6, 6.07) is 12.9. The maximum atomic E-state index is 12.1. The summed E-state index contributed by atoms with van der Waals surface area (Å²) in [5.41, 5.74) is 1.31. The van der Waals surface area contributed by atoms with Gasteiger partial charge in [0.25, 0.3) is 5.91 Å². The zero-order chi connectivity index (χ0) is 19.1. The molecule has 0 saturated heterocycles. The van der Waals surface area contributed by atoms with E-state index >= 15 is 0 Å². The first-order chi connectivity index (χ1) is 12.4. The third kappa shape index (κ3) is 5.30. The number of rotatable bonds is 7. The van der Waals surface area contributed by atoms with Crippen molar-refractivity contribution in [2.75, 3.05) is 11.9 Å². The predicted molar refractivity (Wildman–Crippen MR) is 94.0 cm³/mol. The first-order valence-corrected chi connectivity index (χ1v) is 7.80. The lowest BCUT2D eigenvalue weighted by atomic mass is 10.2. The van der Waals surface area contributed by atoms with Crippen LogP contribution in [-0.4, -0.2) is 29.5 Å². The SMILES string of the molecule is Cc1cccc(NC(=O)[C@H](C)OC(=O)COc2ccccc2[N+](=O)[O-])c1. The number of nitro benzene ring substituents is 1. The summed E-state index contributed by atoms with van der Waals surface area (Å²) in [5, 5.41) is 13.5. The van der Waals surface area contributed by atoms with Crippen molar-refractivity contribution in [2.45, 2.75) is 20.0 Å². The zero-order valence-electron chi connectivity index (χ0n) is 14.3. The molecule has 0 radical (unpaired) electrons. The van der Waals surface area contributed by atoms with Gasteiger partial charge in [-0.25, -0.2) is 4.79 Å². The lowest BCUT2D eigenvalue weighted by molar-refractivity contribution is -0.385. The number of esters is 1. The van der Waals surface area contributed by atoms with E-state index in [0.29, 0.717) is 5.69 Å². The van der Waals surface area contributed by atoms with Crippen molar-refractivity contribution in [1.29, 1.82) is 0 Å². The molecule has 2 aromatic rings. The second kappa shape index (κ2) is 8.61. The van der Waals surface area contributed by atoms with Gasteiger partial charge in [-0.2, -0.15) is 0 Å². The third-order valence-electron chi connectivity index (χ3n) is 3.37. The minimum Gasteiger partial charge on any atom is -0.475 e. The van der Waals surface area contributed by atoms with Gasteiger partial charge in [0.05, 0.1) is 4.92 Å². The molecule has 0 aliphatic heterocycles. The molecule has 1 N–H and O–H groups in total. The Kier molecular flexibility index (Phi) is 6.26. The summed E-state index contributed by atoms with van der Waals surface area (Å²) in [5.74, 6) is -1.35. The highest BCUT2D eigenvalue weighted by Crippen LogP contribution is 2.25. The number of nitrogens with zero attached hydrogens (tertiary/aromatic N) is 1. The Bertz CT molecular complexity index is 821. The number of nitrogens with one attached hydrogen (secondary N) is 1. The Labute approximate surface area is 149 Å². The number of amides is 1. The first kappa shape index (κ1) is 18.9. The second-order valence-corrected chi connectivity index (χ2v) is 5.50. The first-order valence-electron chi connectivity index (χ1n) is 7.80. The standard InChI is InChI=1S/C18H18N2O6/c1-12-6-5-7-14(10-12)19-18(22)13(2)26-17(21)11-25-16-9-4-3-8-15(16)20(23)24/h3-10,13H,11H2,1-2H3,(H,19,22)/t13-/m0/s1. The number of nitro groups is 1. The minimum atomic E-state index is -1.04. The third-order valence-corrected chi connectivity index (χ3v) is 3.37. The number of anilines is 1. The van der Waals surface area contributed by atoms with Crippen LogP contribution in [0.2, 0.25) is 0 Å². The van der Waals surface area contributed by atoms with E-state index < -0.39 is 29.5 Å². The molecule has 0 spiro atoms. The van der Waals surface area contributed by atoms with E-state index in [1.807, 2.05) is 13.0 Å². The molecule has 136 valence electrons. The highest BCUT2D eigenvalue weighted by Gasteiger charge is 2.20. The Hall–Kier alpha value is -3.42. The molecule has 0 aliphatic carbocycles. The van der Waals surface area contributed by atoms with Gasteiger partial charge in [-0.15, -0.1) is 0 Å². The number of hydrogen-bond donors (Lipinski definition) is 1. The smallest absolute Gasteiger partial charge is 0.344 e. The highest BCUT2D eigenvalue weighted by molar-refractivity contribution is 5.95. The van der Waals surface area contributed by atoms with Crippen molar-refractivity contribution >= 4 is 23.3 Å². The quantitative estimate of drug-likeness (QED) is 0.463. The fourth-order valence-electron chi connectivity index (χ4n) is 2.12. The molecule has 0 fully saturated rings. The van der Waals surface area contributed by atoms with Gasteiger partial charge >= 0.3 is 11.7 Å². The van der Waals surface area contributed by atoms with Gasteiger partial charge in [0, 0.05) is 11.8 Å². The number of benzene rings is 2. The molecule has 2 aromatic carbocycles. The van der Waals surface area contributed by atoms with Gasteiger partial charge in [0.2, 0.25) is 0 Å². The lowest BCUT2D eigenvalue weighted by Gasteiger charge is -2.14. The van der Waals surface area contributed by atoms with Crippen molar-refractivity contribution in [3.63, 3.8) is 0 Å². The molecule has 2 rings (SSSR count). The van der Waals surface area contributed by atoms with Crippen molar-refractivity contribution in [3.8, 4) is 5.75 Å². The van der Waals surface area contributed by atoms with Crippen LogP contribution < -0.4 is 10.1 Å². The Balaban J connectivity index is 1.87. The summed E-state index contributed by atoms with van der Waals surface area (Å²) in [6.45, 7) is 2.76. The second-order valence-electron chi connectivity index (χ2n) is 5.50. The number of para-hydroxylation sites is 2. The van der Waals surface area contributed by atoms with Crippen LogP contribution in [-0.2, 0) is 14.3 Å². The molecule has 8 nitrogen and oxygen atoms in total. The van der Waals surface area contributed by atoms with E-state index in [0.717, 1.165) is 5.56 Å². The molecular formula is C18H18N2O6. The van der Waals surface area contributed by atoms with Crippen molar-refractivity contribution < 1.29 is 24.0 Å². The summed E-state index contributed by atoms with van der Waals surface area (Å²) < 4.78 is 10.1. The number of ether oxygens (including phenoxy) is 2. The topological polar surface area (TPSA) is 108 Å². The molecule has 0 aromatic heterocycles. The van der Waals surface area contributed by atoms with Crippen molar-refractivity contribution in [2.24, 2.45) is 0 Å². The van der Waals surface area contributed by atoms with E-state index in [1.54, 1.807) is 24.3 Å². The van der Waals surface area contributed by atoms with Crippen LogP contribution in [0.3, 0.4) is 0 Å². The number of hydrogen-bond acceptors (Lipinski definition) is 6. The van der Waals surface area contributed by atoms with Crippen LogP contribution in [0.4, 0.5) is 11.4 Å². The summed E-state index contributed by atoms with van der Waals surface area (Å²) >= 11 is 0. The average Bonchev–Trinajstić information content (AvgIpc) is 2.60. The number of carbonyl (C=O) groups is 2. The molecule has 0 saturated carbocycles. The van der Waals surface area contributed by atoms with E-state index in [9.17, 15) is 19.7 Å². The van der Waals surface area contributed by atoms with Crippen LogP contribution in [0.1, 0.15) is 12.5 Å². The van der Waals surface area contributed by atoms with Crippen LogP contribution in [0.5, 0.6) is 5.75 Å². The number of aryl methyl sites for hydroxylation is 1. The summed E-state index contributed by atoms with van der Waals surface area (Å²) in [6.07, 6.45) is -1.04. The molecule has 0 unspecified atom stereocenters. The van der Waals surface area contributed by atoms with Crippen LogP contribution in [0.25, 0.3) is 0 Å². The molecule has 1 atom stereocenters.